The summed E-state index contributed by atoms with van der Waals surface area (Å²) in [6.07, 6.45) is 1.03. The molecule has 2 rings (SSSR count). The SMILES string of the molecule is CCc1cccc(NC(C)c2ccc(Cl)cc2Cl)c1. The van der Waals surface area contributed by atoms with E-state index in [-0.39, 0.29) is 6.04 Å². The summed E-state index contributed by atoms with van der Waals surface area (Å²) in [7, 11) is 0. The van der Waals surface area contributed by atoms with Gasteiger partial charge >= 0.3 is 0 Å². The first-order valence-corrected chi connectivity index (χ1v) is 7.16. The van der Waals surface area contributed by atoms with Crippen LogP contribution in [0, 0.1) is 0 Å². The van der Waals surface area contributed by atoms with Crippen LogP contribution in [0.4, 0.5) is 5.69 Å². The summed E-state index contributed by atoms with van der Waals surface area (Å²) >= 11 is 12.1. The van der Waals surface area contributed by atoms with Crippen LogP contribution in [0.25, 0.3) is 0 Å². The quantitative estimate of drug-likeness (QED) is 0.759. The normalized spacial score (nSPS) is 12.2. The van der Waals surface area contributed by atoms with Crippen LogP contribution in [-0.2, 0) is 6.42 Å². The van der Waals surface area contributed by atoms with Crippen molar-refractivity contribution in [3.63, 3.8) is 0 Å². The number of anilines is 1. The summed E-state index contributed by atoms with van der Waals surface area (Å²) in [5.74, 6) is 0. The van der Waals surface area contributed by atoms with Crippen LogP contribution in [0.5, 0.6) is 0 Å². The van der Waals surface area contributed by atoms with Crippen molar-refractivity contribution in [2.24, 2.45) is 0 Å². The highest BCUT2D eigenvalue weighted by Gasteiger charge is 2.10. The minimum absolute atomic E-state index is 0.136. The number of aryl methyl sites for hydroxylation is 1. The zero-order valence-electron chi connectivity index (χ0n) is 11.1. The molecule has 0 saturated heterocycles. The molecule has 0 aliphatic rings. The Hall–Kier alpha value is -1.18. The van der Waals surface area contributed by atoms with E-state index in [9.17, 15) is 0 Å². The maximum Gasteiger partial charge on any atom is 0.0500 e. The van der Waals surface area contributed by atoms with Crippen molar-refractivity contribution in [1.82, 2.24) is 0 Å². The van der Waals surface area contributed by atoms with Crippen LogP contribution in [-0.4, -0.2) is 0 Å². The molecule has 19 heavy (non-hydrogen) atoms. The molecule has 0 fully saturated rings. The Labute approximate surface area is 124 Å². The van der Waals surface area contributed by atoms with E-state index in [4.69, 9.17) is 23.2 Å². The maximum absolute atomic E-state index is 6.22. The van der Waals surface area contributed by atoms with Gasteiger partial charge < -0.3 is 5.32 Å². The first-order valence-electron chi connectivity index (χ1n) is 6.40. The Morgan fingerprint density at radius 2 is 1.89 bits per heavy atom. The van der Waals surface area contributed by atoms with Crippen LogP contribution in [0.3, 0.4) is 0 Å². The monoisotopic (exact) mass is 293 g/mol. The lowest BCUT2D eigenvalue weighted by atomic mass is 10.1. The third-order valence-corrected chi connectivity index (χ3v) is 3.71. The standard InChI is InChI=1S/C16H17Cl2N/c1-3-12-5-4-6-14(9-12)19-11(2)15-8-7-13(17)10-16(15)18/h4-11,19H,3H2,1-2H3. The third-order valence-electron chi connectivity index (χ3n) is 3.15. The van der Waals surface area contributed by atoms with Gasteiger partial charge in [0.2, 0.25) is 0 Å². The Bertz CT molecular complexity index is 566. The molecule has 0 bridgehead atoms. The van der Waals surface area contributed by atoms with Gasteiger partial charge in [0.05, 0.1) is 0 Å². The Morgan fingerprint density at radius 1 is 1.11 bits per heavy atom. The van der Waals surface area contributed by atoms with Crippen molar-refractivity contribution >= 4 is 28.9 Å². The molecule has 1 nitrogen and oxygen atoms in total. The van der Waals surface area contributed by atoms with Crippen molar-refractivity contribution in [1.29, 1.82) is 0 Å². The molecule has 0 heterocycles. The molecule has 1 unspecified atom stereocenters. The summed E-state index contributed by atoms with van der Waals surface area (Å²) < 4.78 is 0. The van der Waals surface area contributed by atoms with Gasteiger partial charge in [-0.15, -0.1) is 0 Å². The molecular formula is C16H17Cl2N. The fraction of sp³-hybridized carbons (Fsp3) is 0.250. The second-order valence-electron chi connectivity index (χ2n) is 4.59. The second kappa shape index (κ2) is 6.31. The summed E-state index contributed by atoms with van der Waals surface area (Å²) in [5.41, 5.74) is 3.48. The average molecular weight is 294 g/mol. The van der Waals surface area contributed by atoms with Gasteiger partial charge in [-0.3, -0.25) is 0 Å². The molecule has 0 amide bonds. The van der Waals surface area contributed by atoms with E-state index in [0.29, 0.717) is 10.0 Å². The number of hydrogen-bond donors (Lipinski definition) is 1. The smallest absolute Gasteiger partial charge is 0.0500 e. The molecule has 1 N–H and O–H groups in total. The van der Waals surface area contributed by atoms with Gasteiger partial charge in [-0.1, -0.05) is 48.3 Å². The Morgan fingerprint density at radius 3 is 2.58 bits per heavy atom. The minimum atomic E-state index is 0.136. The predicted molar refractivity (Wildman–Crippen MR) is 84.3 cm³/mol. The molecular weight excluding hydrogens is 277 g/mol. The van der Waals surface area contributed by atoms with Gasteiger partial charge in [-0.2, -0.15) is 0 Å². The van der Waals surface area contributed by atoms with Gasteiger partial charge in [-0.25, -0.2) is 0 Å². The van der Waals surface area contributed by atoms with Crippen molar-refractivity contribution in [2.75, 3.05) is 5.32 Å². The molecule has 0 aliphatic carbocycles. The molecule has 0 aliphatic heterocycles. The molecule has 0 aromatic heterocycles. The van der Waals surface area contributed by atoms with E-state index in [1.165, 1.54) is 5.56 Å². The second-order valence-corrected chi connectivity index (χ2v) is 5.43. The van der Waals surface area contributed by atoms with Crippen LogP contribution in [0.15, 0.2) is 42.5 Å². The number of rotatable bonds is 4. The van der Waals surface area contributed by atoms with E-state index < -0.39 is 0 Å². The fourth-order valence-corrected chi connectivity index (χ4v) is 2.63. The Balaban J connectivity index is 2.17. The van der Waals surface area contributed by atoms with Crippen LogP contribution in [0.1, 0.15) is 31.0 Å². The van der Waals surface area contributed by atoms with Crippen LogP contribution >= 0.6 is 23.2 Å². The number of hydrogen-bond acceptors (Lipinski definition) is 1. The highest BCUT2D eigenvalue weighted by molar-refractivity contribution is 6.35. The average Bonchev–Trinajstić information content (AvgIpc) is 2.38. The zero-order valence-corrected chi connectivity index (χ0v) is 12.6. The molecule has 2 aromatic carbocycles. The van der Waals surface area contributed by atoms with Crippen molar-refractivity contribution < 1.29 is 0 Å². The summed E-state index contributed by atoms with van der Waals surface area (Å²) in [4.78, 5) is 0. The number of nitrogens with one attached hydrogen (secondary N) is 1. The molecule has 3 heteroatoms. The summed E-state index contributed by atoms with van der Waals surface area (Å²) in [6, 6.07) is 14.2. The zero-order chi connectivity index (χ0) is 13.8. The maximum atomic E-state index is 6.22. The van der Waals surface area contributed by atoms with E-state index in [1.807, 2.05) is 12.1 Å². The molecule has 0 saturated carbocycles. The first kappa shape index (κ1) is 14.2. The predicted octanol–water partition coefficient (Wildman–Crippen LogP) is 5.73. The fourth-order valence-electron chi connectivity index (χ4n) is 2.06. The molecule has 0 radical (unpaired) electrons. The molecule has 0 spiro atoms. The van der Waals surface area contributed by atoms with Gasteiger partial charge in [-0.05, 0) is 48.7 Å². The lowest BCUT2D eigenvalue weighted by molar-refractivity contribution is 0.884. The van der Waals surface area contributed by atoms with E-state index in [2.05, 4.69) is 43.4 Å². The van der Waals surface area contributed by atoms with Crippen LogP contribution < -0.4 is 5.32 Å². The van der Waals surface area contributed by atoms with E-state index >= 15 is 0 Å². The van der Waals surface area contributed by atoms with E-state index in [1.54, 1.807) is 6.07 Å². The van der Waals surface area contributed by atoms with Gasteiger partial charge in [0.1, 0.15) is 0 Å². The lowest BCUT2D eigenvalue weighted by Gasteiger charge is -2.17. The lowest BCUT2D eigenvalue weighted by Crippen LogP contribution is -2.07. The molecule has 1 atom stereocenters. The van der Waals surface area contributed by atoms with Crippen molar-refractivity contribution in [2.45, 2.75) is 26.3 Å². The first-order chi connectivity index (χ1) is 9.10. The van der Waals surface area contributed by atoms with Crippen LogP contribution in [0.2, 0.25) is 10.0 Å². The highest BCUT2D eigenvalue weighted by atomic mass is 35.5. The Kier molecular flexibility index (Phi) is 4.73. The number of halogens is 2. The number of benzene rings is 2. The largest absolute Gasteiger partial charge is 0.378 e. The van der Waals surface area contributed by atoms with Crippen molar-refractivity contribution in [3.8, 4) is 0 Å². The molecule has 100 valence electrons. The highest BCUT2D eigenvalue weighted by Crippen LogP contribution is 2.28. The minimum Gasteiger partial charge on any atom is -0.378 e. The van der Waals surface area contributed by atoms with Gasteiger partial charge in [0, 0.05) is 21.8 Å². The molecule has 2 aromatic rings. The van der Waals surface area contributed by atoms with Crippen molar-refractivity contribution in [3.05, 3.63) is 63.6 Å². The van der Waals surface area contributed by atoms with E-state index in [0.717, 1.165) is 17.7 Å². The van der Waals surface area contributed by atoms with Gasteiger partial charge in [0.25, 0.3) is 0 Å². The third kappa shape index (κ3) is 3.65. The summed E-state index contributed by atoms with van der Waals surface area (Å²) in [5, 5.41) is 4.82. The summed E-state index contributed by atoms with van der Waals surface area (Å²) in [6.45, 7) is 4.24. The van der Waals surface area contributed by atoms with Gasteiger partial charge in [0.15, 0.2) is 0 Å². The topological polar surface area (TPSA) is 12.0 Å².